The Labute approximate surface area is 207 Å². The second-order valence-corrected chi connectivity index (χ2v) is 7.61. The van der Waals surface area contributed by atoms with Crippen molar-refractivity contribution >= 4 is 12.0 Å². The number of nitriles is 2. The first-order valence-corrected chi connectivity index (χ1v) is 10.5. The number of carbonyl (C=O) groups excluding carboxylic acids is 1. The molecular weight excluding hydrogens is 467 g/mol. The quantitative estimate of drug-likeness (QED) is 0.247. The van der Waals surface area contributed by atoms with Crippen LogP contribution in [0.2, 0.25) is 0 Å². The second-order valence-electron chi connectivity index (χ2n) is 7.61. The third-order valence-corrected chi connectivity index (χ3v) is 4.79. The van der Waals surface area contributed by atoms with Crippen LogP contribution in [0.25, 0.3) is 0 Å². The van der Waals surface area contributed by atoms with Crippen LogP contribution in [0.3, 0.4) is 0 Å². The number of nitrogens with zero attached hydrogens (tertiary/aromatic N) is 2. The highest BCUT2D eigenvalue weighted by molar-refractivity contribution is 5.80. The lowest BCUT2D eigenvalue weighted by molar-refractivity contribution is -0.104. The van der Waals surface area contributed by atoms with E-state index >= 15 is 0 Å². The highest BCUT2D eigenvalue weighted by Crippen LogP contribution is 2.26. The molecule has 0 bridgehead atoms. The first kappa shape index (κ1) is 27.6. The van der Waals surface area contributed by atoms with E-state index in [0.717, 1.165) is 16.7 Å². The summed E-state index contributed by atoms with van der Waals surface area (Å²) in [5, 5.41) is 30.2. The predicted molar refractivity (Wildman–Crippen MR) is 131 cm³/mol. The number of nitrogens with one attached hydrogen (secondary N) is 1. The summed E-state index contributed by atoms with van der Waals surface area (Å²) in [6.07, 6.45) is -4.42. The molecule has 2 N–H and O–H groups in total. The molecule has 0 spiro atoms. The SMILES string of the molecule is C=C(/C=C(/C=O)Nc1cccc(C#N)c1)C(F)(F)F.Cc1cccc(C(O)c2cccc(C#N)c2)c1. The van der Waals surface area contributed by atoms with Crippen molar-refractivity contribution in [1.29, 1.82) is 10.5 Å². The van der Waals surface area contributed by atoms with Crippen molar-refractivity contribution in [1.82, 2.24) is 0 Å². The van der Waals surface area contributed by atoms with Crippen molar-refractivity contribution < 1.29 is 23.1 Å². The molecule has 0 saturated heterocycles. The number of benzene rings is 3. The smallest absolute Gasteiger partial charge is 0.384 e. The van der Waals surface area contributed by atoms with E-state index in [2.05, 4.69) is 18.0 Å². The van der Waals surface area contributed by atoms with Crippen LogP contribution in [0.4, 0.5) is 18.9 Å². The molecule has 0 aliphatic heterocycles. The van der Waals surface area contributed by atoms with Gasteiger partial charge >= 0.3 is 6.18 Å². The molecule has 1 unspecified atom stereocenters. The third-order valence-electron chi connectivity index (χ3n) is 4.79. The summed E-state index contributed by atoms with van der Waals surface area (Å²) in [4.78, 5) is 10.7. The molecule has 0 radical (unpaired) electrons. The molecule has 3 aromatic carbocycles. The van der Waals surface area contributed by atoms with Crippen LogP contribution >= 0.6 is 0 Å². The fraction of sp³-hybridized carbons (Fsp3) is 0.107. The Kier molecular flexibility index (Phi) is 9.73. The van der Waals surface area contributed by atoms with Gasteiger partial charge in [-0.15, -0.1) is 0 Å². The van der Waals surface area contributed by atoms with Crippen molar-refractivity contribution in [2.75, 3.05) is 5.32 Å². The zero-order valence-corrected chi connectivity index (χ0v) is 19.3. The summed E-state index contributed by atoms with van der Waals surface area (Å²) in [6.45, 7) is 4.82. The van der Waals surface area contributed by atoms with E-state index in [1.165, 1.54) is 18.2 Å². The van der Waals surface area contributed by atoms with Crippen LogP contribution in [0, 0.1) is 29.6 Å². The average Bonchev–Trinajstić information content (AvgIpc) is 2.87. The molecule has 8 heteroatoms. The van der Waals surface area contributed by atoms with E-state index in [9.17, 15) is 23.1 Å². The summed E-state index contributed by atoms with van der Waals surface area (Å²) >= 11 is 0. The monoisotopic (exact) mass is 489 g/mol. The molecule has 1 atom stereocenters. The topological polar surface area (TPSA) is 96.9 Å². The summed E-state index contributed by atoms with van der Waals surface area (Å²) in [6, 6.07) is 24.8. The lowest BCUT2D eigenvalue weighted by Gasteiger charge is -2.12. The number of allylic oxidation sites excluding steroid dienone is 3. The maximum absolute atomic E-state index is 12.3. The molecule has 0 heterocycles. The molecule has 0 amide bonds. The largest absolute Gasteiger partial charge is 0.415 e. The van der Waals surface area contributed by atoms with Gasteiger partial charge in [0.05, 0.1) is 34.5 Å². The molecule has 36 heavy (non-hydrogen) atoms. The minimum Gasteiger partial charge on any atom is -0.384 e. The van der Waals surface area contributed by atoms with Gasteiger partial charge < -0.3 is 10.4 Å². The maximum atomic E-state index is 12.3. The fourth-order valence-electron chi connectivity index (χ4n) is 3.01. The van der Waals surface area contributed by atoms with E-state index in [1.54, 1.807) is 24.3 Å². The Morgan fingerprint density at radius 3 is 2.08 bits per heavy atom. The molecule has 0 aliphatic carbocycles. The van der Waals surface area contributed by atoms with Gasteiger partial charge in [0, 0.05) is 5.69 Å². The number of hydrogen-bond donors (Lipinski definition) is 2. The van der Waals surface area contributed by atoms with Gasteiger partial charge in [0.25, 0.3) is 0 Å². The van der Waals surface area contributed by atoms with Gasteiger partial charge in [-0.3, -0.25) is 4.79 Å². The molecule has 0 aromatic heterocycles. The van der Waals surface area contributed by atoms with Crippen LogP contribution in [0.15, 0.2) is 96.7 Å². The van der Waals surface area contributed by atoms with Crippen molar-refractivity contribution in [3.8, 4) is 12.1 Å². The lowest BCUT2D eigenvalue weighted by Crippen LogP contribution is -2.11. The van der Waals surface area contributed by atoms with Crippen molar-refractivity contribution in [3.05, 3.63) is 125 Å². The Hall–Kier alpha value is -4.66. The normalized spacial score (nSPS) is 11.7. The van der Waals surface area contributed by atoms with Gasteiger partial charge in [-0.25, -0.2) is 0 Å². The third kappa shape index (κ3) is 8.28. The van der Waals surface area contributed by atoms with Gasteiger partial charge in [0.2, 0.25) is 0 Å². The van der Waals surface area contributed by atoms with Gasteiger partial charge in [0.15, 0.2) is 6.29 Å². The molecule has 3 aromatic rings. The summed E-state index contributed by atoms with van der Waals surface area (Å²) < 4.78 is 36.8. The van der Waals surface area contributed by atoms with Gasteiger partial charge in [-0.05, 0) is 54.5 Å². The van der Waals surface area contributed by atoms with Gasteiger partial charge in [-0.2, -0.15) is 23.7 Å². The van der Waals surface area contributed by atoms with Gasteiger partial charge in [-0.1, -0.05) is 54.6 Å². The predicted octanol–water partition coefficient (Wildman–Crippen LogP) is 6.12. The minimum absolute atomic E-state index is 0.246. The van der Waals surface area contributed by atoms with Crippen LogP contribution < -0.4 is 5.32 Å². The average molecular weight is 489 g/mol. The van der Waals surface area contributed by atoms with E-state index in [4.69, 9.17) is 10.5 Å². The Morgan fingerprint density at radius 1 is 0.972 bits per heavy atom. The number of anilines is 1. The van der Waals surface area contributed by atoms with Crippen LogP contribution in [0.1, 0.15) is 33.9 Å². The van der Waals surface area contributed by atoms with Crippen molar-refractivity contribution in [3.63, 3.8) is 0 Å². The number of rotatable bonds is 6. The summed E-state index contributed by atoms with van der Waals surface area (Å²) in [5.74, 6) is 0. The van der Waals surface area contributed by atoms with Crippen LogP contribution in [0.5, 0.6) is 0 Å². The molecule has 3 rings (SSSR count). The Balaban J connectivity index is 0.000000255. The second kappa shape index (κ2) is 12.7. The number of halogens is 3. The molecule has 0 aliphatic rings. The van der Waals surface area contributed by atoms with Crippen molar-refractivity contribution in [2.24, 2.45) is 0 Å². The van der Waals surface area contributed by atoms with E-state index in [0.29, 0.717) is 22.9 Å². The Bertz CT molecular complexity index is 1350. The summed E-state index contributed by atoms with van der Waals surface area (Å²) in [7, 11) is 0. The van der Waals surface area contributed by atoms with E-state index in [-0.39, 0.29) is 12.0 Å². The molecule has 5 nitrogen and oxygen atoms in total. The highest BCUT2D eigenvalue weighted by atomic mass is 19.4. The fourth-order valence-corrected chi connectivity index (χ4v) is 3.01. The first-order chi connectivity index (χ1) is 17.1. The molecule has 0 fully saturated rings. The zero-order chi connectivity index (χ0) is 26.7. The minimum atomic E-state index is -4.59. The molecule has 182 valence electrons. The van der Waals surface area contributed by atoms with Gasteiger partial charge in [0.1, 0.15) is 6.10 Å². The number of alkyl halides is 3. The maximum Gasteiger partial charge on any atom is 0.415 e. The Morgan fingerprint density at radius 2 is 1.53 bits per heavy atom. The number of aliphatic hydroxyl groups is 1. The lowest BCUT2D eigenvalue weighted by atomic mass is 9.99. The number of carbonyl (C=O) groups is 1. The first-order valence-electron chi connectivity index (χ1n) is 10.5. The number of aldehydes is 1. The van der Waals surface area contributed by atoms with Crippen molar-refractivity contribution in [2.45, 2.75) is 19.2 Å². The number of hydrogen-bond acceptors (Lipinski definition) is 5. The summed E-state index contributed by atoms with van der Waals surface area (Å²) in [5.41, 5.74) is 2.50. The number of aryl methyl sites for hydroxylation is 1. The zero-order valence-electron chi connectivity index (χ0n) is 19.3. The number of aliphatic hydroxyl groups excluding tert-OH is 1. The standard InChI is InChI=1S/C15H13NO.C13H9F3N2O/c1-11-4-2-6-13(8-11)15(17)14-7-3-5-12(9-14)10-16;1-9(13(14,15)16)5-12(8-19)18-11-4-2-3-10(6-11)7-17/h2-9,15,17H,1H3;2-6,8,18H,1H2/b;12-5-. The van der Waals surface area contributed by atoms with E-state index in [1.807, 2.05) is 43.3 Å². The van der Waals surface area contributed by atoms with Crippen LogP contribution in [-0.4, -0.2) is 17.6 Å². The molecule has 0 saturated carbocycles. The molecular formula is C28H22F3N3O2. The highest BCUT2D eigenvalue weighted by Gasteiger charge is 2.30. The van der Waals surface area contributed by atoms with E-state index < -0.39 is 17.9 Å². The van der Waals surface area contributed by atoms with Crippen LogP contribution in [-0.2, 0) is 4.79 Å².